The summed E-state index contributed by atoms with van der Waals surface area (Å²) in [6.45, 7) is 6.96. The van der Waals surface area contributed by atoms with Gasteiger partial charge >= 0.3 is 0 Å². The molecule has 0 bridgehead atoms. The number of hydrogen-bond acceptors (Lipinski definition) is 5. The highest BCUT2D eigenvalue weighted by Crippen LogP contribution is 2.45. The maximum absolute atomic E-state index is 10.9. The van der Waals surface area contributed by atoms with Crippen molar-refractivity contribution in [1.82, 2.24) is 0 Å². The summed E-state index contributed by atoms with van der Waals surface area (Å²) in [6, 6.07) is 4.78. The molecule has 2 atom stereocenters. The summed E-state index contributed by atoms with van der Waals surface area (Å²) in [4.78, 5) is 10.5. The molecule has 0 aromatic heterocycles. The van der Waals surface area contributed by atoms with E-state index in [2.05, 4.69) is 19.2 Å². The summed E-state index contributed by atoms with van der Waals surface area (Å²) in [5, 5.41) is 14.3. The van der Waals surface area contributed by atoms with Gasteiger partial charge in [-0.05, 0) is 19.4 Å². The van der Waals surface area contributed by atoms with Crippen molar-refractivity contribution in [2.75, 3.05) is 19.0 Å². The molecule has 21 heavy (non-hydrogen) atoms. The molecule has 2 unspecified atom stereocenters. The van der Waals surface area contributed by atoms with Gasteiger partial charge in [0.2, 0.25) is 0 Å². The zero-order valence-corrected chi connectivity index (χ0v) is 12.9. The van der Waals surface area contributed by atoms with Crippen molar-refractivity contribution in [3.63, 3.8) is 0 Å². The number of nitrogens with zero attached hydrogens (tertiary/aromatic N) is 1. The maximum Gasteiger partial charge on any atom is 0.271 e. The Balaban J connectivity index is 2.16. The smallest absolute Gasteiger partial charge is 0.271 e. The van der Waals surface area contributed by atoms with Crippen molar-refractivity contribution >= 4 is 11.4 Å². The monoisotopic (exact) mass is 294 g/mol. The minimum Gasteiger partial charge on any atom is -0.495 e. The van der Waals surface area contributed by atoms with Crippen LogP contribution in [0.2, 0.25) is 0 Å². The van der Waals surface area contributed by atoms with Crippen molar-refractivity contribution < 1.29 is 14.4 Å². The predicted octanol–water partition coefficient (Wildman–Crippen LogP) is 3.22. The first-order valence-electron chi connectivity index (χ1n) is 7.10. The second-order valence-electron chi connectivity index (χ2n) is 5.84. The van der Waals surface area contributed by atoms with Crippen LogP contribution < -0.4 is 10.1 Å². The lowest BCUT2D eigenvalue weighted by Crippen LogP contribution is -2.58. The first-order chi connectivity index (χ1) is 9.90. The standard InChI is InChI=1S/C15H22N2O4/c1-5-21-14-9-13(15(14,2)3)16-11-8-10(17(18)19)6-7-12(11)20-4/h6-8,13-14,16H,5,9H2,1-4H3. The van der Waals surface area contributed by atoms with Crippen LogP contribution in [-0.4, -0.2) is 30.8 Å². The van der Waals surface area contributed by atoms with E-state index in [9.17, 15) is 10.1 Å². The van der Waals surface area contributed by atoms with Gasteiger partial charge in [0.15, 0.2) is 0 Å². The van der Waals surface area contributed by atoms with Crippen LogP contribution in [0.25, 0.3) is 0 Å². The van der Waals surface area contributed by atoms with Crippen LogP contribution in [0.15, 0.2) is 18.2 Å². The third-order valence-corrected chi connectivity index (χ3v) is 4.27. The number of benzene rings is 1. The number of non-ortho nitro benzene ring substituents is 1. The van der Waals surface area contributed by atoms with Crippen LogP contribution in [0.5, 0.6) is 5.75 Å². The molecular formula is C15H22N2O4. The van der Waals surface area contributed by atoms with Gasteiger partial charge in [-0.3, -0.25) is 10.1 Å². The van der Waals surface area contributed by atoms with E-state index in [4.69, 9.17) is 9.47 Å². The minimum atomic E-state index is -0.403. The number of hydrogen-bond donors (Lipinski definition) is 1. The number of anilines is 1. The first-order valence-corrected chi connectivity index (χ1v) is 7.10. The lowest BCUT2D eigenvalue weighted by Gasteiger charge is -2.52. The van der Waals surface area contributed by atoms with Crippen LogP contribution >= 0.6 is 0 Å². The summed E-state index contributed by atoms with van der Waals surface area (Å²) < 4.78 is 11.0. The van der Waals surface area contributed by atoms with E-state index >= 15 is 0 Å². The molecule has 1 aromatic rings. The number of rotatable bonds is 6. The Morgan fingerprint density at radius 1 is 1.48 bits per heavy atom. The van der Waals surface area contributed by atoms with Gasteiger partial charge in [-0.2, -0.15) is 0 Å². The van der Waals surface area contributed by atoms with E-state index < -0.39 is 4.92 Å². The van der Waals surface area contributed by atoms with Crippen molar-refractivity contribution in [3.8, 4) is 5.75 Å². The average Bonchev–Trinajstić information content (AvgIpc) is 2.46. The Morgan fingerprint density at radius 2 is 2.19 bits per heavy atom. The van der Waals surface area contributed by atoms with E-state index in [1.54, 1.807) is 13.2 Å². The molecule has 1 N–H and O–H groups in total. The third kappa shape index (κ3) is 2.95. The highest BCUT2D eigenvalue weighted by atomic mass is 16.6. The van der Waals surface area contributed by atoms with Gasteiger partial charge in [0.25, 0.3) is 5.69 Å². The fourth-order valence-electron chi connectivity index (χ4n) is 2.72. The molecule has 2 rings (SSSR count). The minimum absolute atomic E-state index is 0.0222. The summed E-state index contributed by atoms with van der Waals surface area (Å²) in [7, 11) is 1.56. The number of methoxy groups -OCH3 is 1. The maximum atomic E-state index is 10.9. The van der Waals surface area contributed by atoms with E-state index in [0.717, 1.165) is 6.42 Å². The second-order valence-corrected chi connectivity index (χ2v) is 5.84. The molecule has 6 nitrogen and oxygen atoms in total. The van der Waals surface area contributed by atoms with Crippen molar-refractivity contribution in [1.29, 1.82) is 0 Å². The third-order valence-electron chi connectivity index (χ3n) is 4.27. The zero-order chi connectivity index (χ0) is 15.6. The first kappa shape index (κ1) is 15.6. The highest BCUT2D eigenvalue weighted by Gasteiger charge is 2.49. The topological polar surface area (TPSA) is 73.6 Å². The molecule has 0 amide bonds. The fraction of sp³-hybridized carbons (Fsp3) is 0.600. The number of nitro benzene ring substituents is 1. The molecule has 0 radical (unpaired) electrons. The second kappa shape index (κ2) is 5.89. The SMILES string of the molecule is CCOC1CC(Nc2cc([N+](=O)[O-])ccc2OC)C1(C)C. The van der Waals surface area contributed by atoms with Crippen molar-refractivity contribution in [2.24, 2.45) is 5.41 Å². The van der Waals surface area contributed by atoms with Gasteiger partial charge in [-0.1, -0.05) is 13.8 Å². The summed E-state index contributed by atoms with van der Waals surface area (Å²) in [5.41, 5.74) is 0.683. The van der Waals surface area contributed by atoms with Gasteiger partial charge in [-0.15, -0.1) is 0 Å². The highest BCUT2D eigenvalue weighted by molar-refractivity contribution is 5.62. The normalized spacial score (nSPS) is 23.2. The lowest BCUT2D eigenvalue weighted by molar-refractivity contribution is -0.384. The van der Waals surface area contributed by atoms with Crippen LogP contribution in [0.4, 0.5) is 11.4 Å². The quantitative estimate of drug-likeness (QED) is 0.644. The van der Waals surface area contributed by atoms with Crippen LogP contribution in [0.1, 0.15) is 27.2 Å². The molecule has 0 aliphatic heterocycles. The molecule has 0 heterocycles. The summed E-state index contributed by atoms with van der Waals surface area (Å²) in [5.74, 6) is 0.608. The molecule has 1 fully saturated rings. The van der Waals surface area contributed by atoms with Gasteiger partial charge < -0.3 is 14.8 Å². The largest absolute Gasteiger partial charge is 0.495 e. The van der Waals surface area contributed by atoms with Gasteiger partial charge in [0.1, 0.15) is 5.75 Å². The Hall–Kier alpha value is -1.82. The molecule has 1 aliphatic carbocycles. The Morgan fingerprint density at radius 3 is 2.71 bits per heavy atom. The van der Waals surface area contributed by atoms with E-state index in [1.807, 2.05) is 6.92 Å². The van der Waals surface area contributed by atoms with Crippen molar-refractivity contribution in [2.45, 2.75) is 39.3 Å². The van der Waals surface area contributed by atoms with Crippen LogP contribution in [-0.2, 0) is 4.74 Å². The van der Waals surface area contributed by atoms with Crippen LogP contribution in [0, 0.1) is 15.5 Å². The van der Waals surface area contributed by atoms with E-state index in [0.29, 0.717) is 18.0 Å². The molecule has 1 aliphatic rings. The van der Waals surface area contributed by atoms with Crippen molar-refractivity contribution in [3.05, 3.63) is 28.3 Å². The Labute approximate surface area is 124 Å². The molecule has 1 aromatic carbocycles. The van der Waals surface area contributed by atoms with Gasteiger partial charge in [-0.25, -0.2) is 0 Å². The number of nitro groups is 1. The fourth-order valence-corrected chi connectivity index (χ4v) is 2.72. The molecule has 0 saturated heterocycles. The zero-order valence-electron chi connectivity index (χ0n) is 12.9. The average molecular weight is 294 g/mol. The Bertz CT molecular complexity index is 530. The molecule has 6 heteroatoms. The lowest BCUT2D eigenvalue weighted by atomic mass is 9.64. The van der Waals surface area contributed by atoms with E-state index in [-0.39, 0.29) is 23.2 Å². The molecule has 116 valence electrons. The Kier molecular flexibility index (Phi) is 4.37. The van der Waals surface area contributed by atoms with Gasteiger partial charge in [0.05, 0.1) is 23.8 Å². The van der Waals surface area contributed by atoms with Crippen LogP contribution in [0.3, 0.4) is 0 Å². The molecule has 0 spiro atoms. The van der Waals surface area contributed by atoms with E-state index in [1.165, 1.54) is 12.1 Å². The summed E-state index contributed by atoms with van der Waals surface area (Å²) >= 11 is 0. The molecule has 1 saturated carbocycles. The number of ether oxygens (including phenoxy) is 2. The predicted molar refractivity (Wildman–Crippen MR) is 80.9 cm³/mol. The van der Waals surface area contributed by atoms with Gasteiger partial charge in [0, 0.05) is 30.2 Å². The molecular weight excluding hydrogens is 272 g/mol. The summed E-state index contributed by atoms with van der Waals surface area (Å²) in [6.07, 6.45) is 1.09. The number of nitrogens with one attached hydrogen (secondary N) is 1.